The van der Waals surface area contributed by atoms with Crippen LogP contribution in [0.1, 0.15) is 35.8 Å². The number of amides is 2. The highest BCUT2D eigenvalue weighted by Crippen LogP contribution is 2.48. The number of hydrogen-bond donors (Lipinski definition) is 2. The normalized spacial score (nSPS) is 19.0. The van der Waals surface area contributed by atoms with Crippen LogP contribution >= 0.6 is 0 Å². The van der Waals surface area contributed by atoms with Crippen molar-refractivity contribution in [2.24, 2.45) is 7.05 Å². The third-order valence-electron chi connectivity index (χ3n) is 7.81. The molecule has 0 radical (unpaired) electrons. The van der Waals surface area contributed by atoms with Crippen LogP contribution in [0, 0.1) is 11.6 Å². The smallest absolute Gasteiger partial charge is 0.320 e. The van der Waals surface area contributed by atoms with Crippen LogP contribution in [-0.2, 0) is 11.8 Å². The molecule has 2 aromatic heterocycles. The van der Waals surface area contributed by atoms with E-state index in [2.05, 4.69) is 20.6 Å². The summed E-state index contributed by atoms with van der Waals surface area (Å²) in [4.78, 5) is 15.8. The molecule has 4 aromatic rings. The predicted octanol–water partition coefficient (Wildman–Crippen LogP) is 4.66. The Morgan fingerprint density at radius 2 is 1.90 bits per heavy atom. The Balaban J connectivity index is 1.31. The number of hydrogen-bond acceptors (Lipinski definition) is 5. The third-order valence-corrected chi connectivity index (χ3v) is 7.81. The molecule has 1 aliphatic heterocycles. The Labute approximate surface area is 237 Å². The van der Waals surface area contributed by atoms with E-state index in [-0.39, 0.29) is 23.9 Å². The monoisotopic (exact) mass is 561 g/mol. The average Bonchev–Trinajstić information content (AvgIpc) is 3.41. The van der Waals surface area contributed by atoms with Crippen molar-refractivity contribution in [3.63, 3.8) is 0 Å². The molecule has 214 valence electrons. The van der Waals surface area contributed by atoms with E-state index in [1.807, 2.05) is 43.6 Å². The summed E-state index contributed by atoms with van der Waals surface area (Å²) in [6.07, 6.45) is 5.73. The lowest BCUT2D eigenvalue weighted by Gasteiger charge is -2.21. The number of nitrogens with zero attached hydrogens (tertiary/aromatic N) is 5. The van der Waals surface area contributed by atoms with E-state index in [1.54, 1.807) is 28.7 Å². The first-order chi connectivity index (χ1) is 19.9. The molecule has 11 heteroatoms. The second-order valence-electron chi connectivity index (χ2n) is 10.8. The summed E-state index contributed by atoms with van der Waals surface area (Å²) in [7, 11) is 3.50. The van der Waals surface area contributed by atoms with Gasteiger partial charge in [-0.05, 0) is 48.6 Å². The molecule has 2 N–H and O–H groups in total. The highest BCUT2D eigenvalue weighted by Gasteiger charge is 2.37. The van der Waals surface area contributed by atoms with Gasteiger partial charge in [-0.1, -0.05) is 24.3 Å². The maximum atomic E-state index is 14.2. The van der Waals surface area contributed by atoms with Gasteiger partial charge in [0.25, 0.3) is 0 Å². The number of urea groups is 1. The van der Waals surface area contributed by atoms with Gasteiger partial charge in [0.05, 0.1) is 24.5 Å². The second-order valence-corrected chi connectivity index (χ2v) is 10.8. The van der Waals surface area contributed by atoms with E-state index in [0.717, 1.165) is 41.4 Å². The average molecular weight is 562 g/mol. The number of likely N-dealkylation sites (tertiary alicyclic amines) is 1. The van der Waals surface area contributed by atoms with E-state index in [9.17, 15) is 13.6 Å². The van der Waals surface area contributed by atoms with E-state index in [0.29, 0.717) is 37.6 Å². The van der Waals surface area contributed by atoms with Crippen LogP contribution in [0.5, 0.6) is 0 Å². The van der Waals surface area contributed by atoms with Crippen LogP contribution in [0.25, 0.3) is 16.9 Å². The Morgan fingerprint density at radius 1 is 1.10 bits per heavy atom. The van der Waals surface area contributed by atoms with Gasteiger partial charge in [-0.25, -0.2) is 18.3 Å². The summed E-state index contributed by atoms with van der Waals surface area (Å²) >= 11 is 0. The first-order valence-electron chi connectivity index (χ1n) is 13.8. The molecule has 9 nitrogen and oxygen atoms in total. The van der Waals surface area contributed by atoms with Crippen molar-refractivity contribution < 1.29 is 18.3 Å². The summed E-state index contributed by atoms with van der Waals surface area (Å²) in [6, 6.07) is 12.9. The summed E-state index contributed by atoms with van der Waals surface area (Å²) in [5.74, 6) is -1.11. The van der Waals surface area contributed by atoms with Gasteiger partial charge in [0.15, 0.2) is 11.6 Å². The molecule has 6 rings (SSSR count). The van der Waals surface area contributed by atoms with Crippen molar-refractivity contribution >= 4 is 11.8 Å². The lowest BCUT2D eigenvalue weighted by molar-refractivity contribution is 0.159. The van der Waals surface area contributed by atoms with Crippen LogP contribution in [-0.4, -0.2) is 69.9 Å². The molecule has 1 saturated heterocycles. The first kappa shape index (κ1) is 27.1. The molecule has 0 bridgehead atoms. The molecule has 1 aliphatic carbocycles. The van der Waals surface area contributed by atoms with Crippen molar-refractivity contribution in [1.29, 1.82) is 0 Å². The van der Waals surface area contributed by atoms with Crippen LogP contribution in [0.2, 0.25) is 0 Å². The largest absolute Gasteiger partial charge is 0.383 e. The van der Waals surface area contributed by atoms with E-state index >= 15 is 0 Å². The number of para-hydroxylation sites is 1. The van der Waals surface area contributed by atoms with Crippen molar-refractivity contribution in [2.75, 3.05) is 38.7 Å². The molecular weight excluding hydrogens is 528 g/mol. The number of methoxy groups -OCH3 is 1. The lowest BCUT2D eigenvalue weighted by Crippen LogP contribution is -2.42. The Hall–Kier alpha value is -4.09. The topological polar surface area (TPSA) is 89.2 Å². The number of ether oxygens (including phenoxy) is 1. The highest BCUT2D eigenvalue weighted by atomic mass is 19.2. The number of benzene rings is 2. The number of carbonyl (C=O) groups excluding carboxylic acids is 1. The minimum absolute atomic E-state index is 0.222. The minimum atomic E-state index is -0.898. The fourth-order valence-electron chi connectivity index (χ4n) is 5.65. The van der Waals surface area contributed by atoms with E-state index in [1.165, 1.54) is 6.07 Å². The molecule has 2 aromatic carbocycles. The summed E-state index contributed by atoms with van der Waals surface area (Å²) < 4.78 is 36.6. The number of rotatable bonds is 9. The minimum Gasteiger partial charge on any atom is -0.383 e. The Kier molecular flexibility index (Phi) is 7.55. The summed E-state index contributed by atoms with van der Waals surface area (Å²) in [5, 5.41) is 15.5. The van der Waals surface area contributed by atoms with Crippen molar-refractivity contribution in [2.45, 2.75) is 30.7 Å². The number of halogens is 2. The number of anilines is 1. The van der Waals surface area contributed by atoms with Gasteiger partial charge in [-0.2, -0.15) is 10.2 Å². The standard InChI is InChI=1S/C30H33F2N7O2/c1-37-16-21(15-33-37)28-27(19-8-9-19)29(39(36-28)22-6-4-3-5-7-22)35-30(40)34-26-18-38(12-13-41-2)17-23(26)20-10-11-24(31)25(32)14-20/h3-7,10-11,14-16,19,23,26H,8-9,12-13,17-18H2,1-2H3,(H2,34,35,40)/t23-,26+/m0/s1. The highest BCUT2D eigenvalue weighted by molar-refractivity contribution is 5.91. The molecule has 2 amide bonds. The molecule has 2 aliphatic rings. The molecule has 0 unspecified atom stereocenters. The van der Waals surface area contributed by atoms with Gasteiger partial charge in [0, 0.05) is 57.0 Å². The maximum Gasteiger partial charge on any atom is 0.320 e. The van der Waals surface area contributed by atoms with E-state index in [4.69, 9.17) is 9.84 Å². The summed E-state index contributed by atoms with van der Waals surface area (Å²) in [5.41, 5.74) is 4.14. The lowest BCUT2D eigenvalue weighted by atomic mass is 9.94. The zero-order valence-corrected chi connectivity index (χ0v) is 23.1. The van der Waals surface area contributed by atoms with Crippen LogP contribution in [0.4, 0.5) is 19.4 Å². The fraction of sp³-hybridized carbons (Fsp3) is 0.367. The molecule has 2 fully saturated rings. The van der Waals surface area contributed by atoms with Crippen molar-refractivity contribution in [3.05, 3.63) is 83.7 Å². The molecule has 0 spiro atoms. The third kappa shape index (κ3) is 5.73. The number of carbonyl (C=O) groups is 1. The van der Waals surface area contributed by atoms with Gasteiger partial charge < -0.3 is 10.1 Å². The van der Waals surface area contributed by atoms with Gasteiger partial charge >= 0.3 is 6.03 Å². The predicted molar refractivity (Wildman–Crippen MR) is 151 cm³/mol. The molecule has 1 saturated carbocycles. The SMILES string of the molecule is COCCN1C[C@@H](NC(=O)Nc2c(C3CC3)c(-c3cnn(C)c3)nn2-c2ccccc2)[C@H](c2ccc(F)c(F)c2)C1. The van der Waals surface area contributed by atoms with E-state index < -0.39 is 11.6 Å². The van der Waals surface area contributed by atoms with Crippen LogP contribution < -0.4 is 10.6 Å². The quantitative estimate of drug-likeness (QED) is 0.310. The van der Waals surface area contributed by atoms with Crippen LogP contribution in [0.3, 0.4) is 0 Å². The Morgan fingerprint density at radius 3 is 2.59 bits per heavy atom. The molecule has 3 heterocycles. The molecular formula is C30H33F2N7O2. The van der Waals surface area contributed by atoms with Gasteiger partial charge in [0.1, 0.15) is 11.5 Å². The second kappa shape index (κ2) is 11.4. The maximum absolute atomic E-state index is 14.2. The van der Waals surface area contributed by atoms with Crippen LogP contribution in [0.15, 0.2) is 60.9 Å². The molecule has 2 atom stereocenters. The van der Waals surface area contributed by atoms with Gasteiger partial charge in [-0.15, -0.1) is 0 Å². The van der Waals surface area contributed by atoms with Gasteiger partial charge in [0.2, 0.25) is 0 Å². The van der Waals surface area contributed by atoms with Crippen molar-refractivity contribution in [1.82, 2.24) is 29.8 Å². The molecule has 41 heavy (non-hydrogen) atoms. The fourth-order valence-corrected chi connectivity index (χ4v) is 5.65. The number of nitrogens with one attached hydrogen (secondary N) is 2. The van der Waals surface area contributed by atoms with Crippen molar-refractivity contribution in [3.8, 4) is 16.9 Å². The first-order valence-corrected chi connectivity index (χ1v) is 13.8. The number of aryl methyl sites for hydroxylation is 1. The van der Waals surface area contributed by atoms with Gasteiger partial charge in [-0.3, -0.25) is 14.9 Å². The zero-order valence-electron chi connectivity index (χ0n) is 23.1. The summed E-state index contributed by atoms with van der Waals surface area (Å²) in [6.45, 7) is 2.33. The number of aromatic nitrogens is 4. The Bertz CT molecular complexity index is 1530. The zero-order chi connectivity index (χ0) is 28.5.